The predicted molar refractivity (Wildman–Crippen MR) is 86.9 cm³/mol. The van der Waals surface area contributed by atoms with Crippen LogP contribution in [0.5, 0.6) is 0 Å². The lowest BCUT2D eigenvalue weighted by Crippen LogP contribution is -2.56. The smallest absolute Gasteiger partial charge is 0.411 e. The summed E-state index contributed by atoms with van der Waals surface area (Å²) in [6.07, 6.45) is 6.91. The fourth-order valence-corrected chi connectivity index (χ4v) is 3.61. The van der Waals surface area contributed by atoms with Crippen LogP contribution in [0.4, 0.5) is 4.79 Å². The van der Waals surface area contributed by atoms with Crippen molar-refractivity contribution in [2.24, 2.45) is 5.92 Å². The minimum absolute atomic E-state index is 0.0412. The van der Waals surface area contributed by atoms with Crippen LogP contribution < -0.4 is 0 Å². The molecule has 0 N–H and O–H groups in total. The van der Waals surface area contributed by atoms with Crippen LogP contribution in [0.1, 0.15) is 31.2 Å². The van der Waals surface area contributed by atoms with E-state index >= 15 is 0 Å². The molecule has 4 heteroatoms. The van der Waals surface area contributed by atoms with Crippen LogP contribution >= 0.6 is 0 Å². The van der Waals surface area contributed by atoms with Gasteiger partial charge in [-0.05, 0) is 37.2 Å². The summed E-state index contributed by atoms with van der Waals surface area (Å²) in [5.41, 5.74) is 2.53. The second-order valence-corrected chi connectivity index (χ2v) is 6.88. The molecule has 23 heavy (non-hydrogen) atoms. The first-order valence-corrected chi connectivity index (χ1v) is 8.56. The van der Waals surface area contributed by atoms with E-state index in [2.05, 4.69) is 6.08 Å². The molecule has 1 saturated carbocycles. The SMILES string of the molecule is O=C(OCc1ccccc1)N1C2C=C(CC3CC3)CC1COC2. The van der Waals surface area contributed by atoms with Gasteiger partial charge < -0.3 is 9.47 Å². The number of carbonyl (C=O) groups is 1. The Kier molecular flexibility index (Phi) is 4.08. The molecule has 1 aliphatic carbocycles. The number of fused-ring (bicyclic) bond motifs is 2. The summed E-state index contributed by atoms with van der Waals surface area (Å²) in [6.45, 7) is 1.54. The summed E-state index contributed by atoms with van der Waals surface area (Å²) in [7, 11) is 0. The number of ether oxygens (including phenoxy) is 2. The van der Waals surface area contributed by atoms with Crippen molar-refractivity contribution in [1.82, 2.24) is 4.90 Å². The van der Waals surface area contributed by atoms with Crippen molar-refractivity contribution in [3.05, 3.63) is 47.5 Å². The Hall–Kier alpha value is -1.81. The van der Waals surface area contributed by atoms with Crippen LogP contribution in [0.2, 0.25) is 0 Å². The molecule has 2 aliphatic heterocycles. The van der Waals surface area contributed by atoms with Gasteiger partial charge in [-0.25, -0.2) is 4.79 Å². The molecule has 2 fully saturated rings. The molecule has 1 amide bonds. The van der Waals surface area contributed by atoms with Gasteiger partial charge in [0.2, 0.25) is 0 Å². The Morgan fingerprint density at radius 1 is 1.22 bits per heavy atom. The summed E-state index contributed by atoms with van der Waals surface area (Å²) in [4.78, 5) is 14.4. The van der Waals surface area contributed by atoms with Gasteiger partial charge in [-0.1, -0.05) is 42.0 Å². The maximum atomic E-state index is 12.5. The molecule has 4 nitrogen and oxygen atoms in total. The van der Waals surface area contributed by atoms with Crippen LogP contribution in [0, 0.1) is 5.92 Å². The average Bonchev–Trinajstić information content (AvgIpc) is 3.37. The minimum Gasteiger partial charge on any atom is -0.445 e. The highest BCUT2D eigenvalue weighted by Crippen LogP contribution is 2.39. The highest BCUT2D eigenvalue weighted by Gasteiger charge is 2.39. The third kappa shape index (κ3) is 3.42. The Morgan fingerprint density at radius 2 is 2.04 bits per heavy atom. The van der Waals surface area contributed by atoms with Crippen LogP contribution in [0.25, 0.3) is 0 Å². The topological polar surface area (TPSA) is 38.8 Å². The van der Waals surface area contributed by atoms with Crippen LogP contribution in [0.3, 0.4) is 0 Å². The van der Waals surface area contributed by atoms with Gasteiger partial charge in [-0.3, -0.25) is 4.90 Å². The normalized spacial score (nSPS) is 26.6. The molecule has 1 saturated heterocycles. The molecule has 2 atom stereocenters. The standard InChI is InChI=1S/C19H23NO3/c21-19(23-11-15-4-2-1-3-5-15)20-17-9-16(8-14-6-7-14)10-18(20)13-22-12-17/h1-5,9,14,17-18H,6-8,10-13H2. The van der Waals surface area contributed by atoms with Crippen molar-refractivity contribution in [3.8, 4) is 0 Å². The predicted octanol–water partition coefficient (Wildman–Crippen LogP) is 3.52. The highest BCUT2D eigenvalue weighted by molar-refractivity contribution is 5.69. The molecule has 122 valence electrons. The first kappa shape index (κ1) is 14.8. The third-order valence-corrected chi connectivity index (χ3v) is 4.94. The molecule has 2 heterocycles. The Labute approximate surface area is 137 Å². The van der Waals surface area contributed by atoms with E-state index in [1.807, 2.05) is 35.2 Å². The summed E-state index contributed by atoms with van der Waals surface area (Å²) in [6, 6.07) is 10.0. The average molecular weight is 313 g/mol. The highest BCUT2D eigenvalue weighted by atomic mass is 16.6. The summed E-state index contributed by atoms with van der Waals surface area (Å²) in [5.74, 6) is 0.888. The van der Waals surface area contributed by atoms with E-state index < -0.39 is 0 Å². The van der Waals surface area contributed by atoms with E-state index in [4.69, 9.17) is 9.47 Å². The van der Waals surface area contributed by atoms with Crippen molar-refractivity contribution < 1.29 is 14.3 Å². The van der Waals surface area contributed by atoms with Gasteiger partial charge in [0, 0.05) is 0 Å². The second-order valence-electron chi connectivity index (χ2n) is 6.88. The quantitative estimate of drug-likeness (QED) is 0.798. The number of benzene rings is 1. The molecule has 0 aromatic heterocycles. The lowest BCUT2D eigenvalue weighted by molar-refractivity contribution is -0.0376. The van der Waals surface area contributed by atoms with E-state index in [-0.39, 0.29) is 18.2 Å². The Balaban J connectivity index is 1.41. The Morgan fingerprint density at radius 3 is 2.78 bits per heavy atom. The molecule has 0 spiro atoms. The fraction of sp³-hybridized carbons (Fsp3) is 0.526. The summed E-state index contributed by atoms with van der Waals surface area (Å²) < 4.78 is 11.2. The Bertz CT molecular complexity index is 594. The molecule has 1 aromatic carbocycles. The lowest BCUT2D eigenvalue weighted by Gasteiger charge is -2.43. The number of rotatable bonds is 4. The number of amides is 1. The number of hydrogen-bond donors (Lipinski definition) is 0. The van der Waals surface area contributed by atoms with Crippen LogP contribution in [-0.4, -0.2) is 36.3 Å². The van der Waals surface area contributed by atoms with Gasteiger partial charge in [0.25, 0.3) is 0 Å². The van der Waals surface area contributed by atoms with Gasteiger partial charge in [-0.2, -0.15) is 0 Å². The molecule has 0 radical (unpaired) electrons. The maximum Gasteiger partial charge on any atom is 0.411 e. The maximum absolute atomic E-state index is 12.5. The molecule has 1 aromatic rings. The van der Waals surface area contributed by atoms with E-state index in [0.29, 0.717) is 19.8 Å². The van der Waals surface area contributed by atoms with Crippen LogP contribution in [-0.2, 0) is 16.1 Å². The van der Waals surface area contributed by atoms with Crippen molar-refractivity contribution in [2.75, 3.05) is 13.2 Å². The summed E-state index contributed by atoms with van der Waals surface area (Å²) >= 11 is 0. The van der Waals surface area contributed by atoms with E-state index in [1.54, 1.807) is 0 Å². The van der Waals surface area contributed by atoms with E-state index in [9.17, 15) is 4.79 Å². The second kappa shape index (κ2) is 6.36. The molecule has 4 rings (SSSR count). The van der Waals surface area contributed by atoms with E-state index in [1.165, 1.54) is 24.8 Å². The van der Waals surface area contributed by atoms with Crippen molar-refractivity contribution in [3.63, 3.8) is 0 Å². The van der Waals surface area contributed by atoms with Crippen molar-refractivity contribution in [2.45, 2.75) is 44.4 Å². The zero-order valence-corrected chi connectivity index (χ0v) is 13.3. The van der Waals surface area contributed by atoms with Crippen molar-refractivity contribution in [1.29, 1.82) is 0 Å². The van der Waals surface area contributed by atoms with Gasteiger partial charge in [0.1, 0.15) is 6.61 Å². The first-order chi connectivity index (χ1) is 11.3. The third-order valence-electron chi connectivity index (χ3n) is 4.94. The number of nitrogens with zero attached hydrogens (tertiary/aromatic N) is 1. The number of morpholine rings is 1. The number of carbonyl (C=O) groups excluding carboxylic acids is 1. The molecule has 2 unspecified atom stereocenters. The minimum atomic E-state index is -0.214. The molecule has 2 bridgehead atoms. The molecular weight excluding hydrogens is 290 g/mol. The summed E-state index contributed by atoms with van der Waals surface area (Å²) in [5, 5.41) is 0. The van der Waals surface area contributed by atoms with Gasteiger partial charge in [-0.15, -0.1) is 0 Å². The van der Waals surface area contributed by atoms with Gasteiger partial charge in [0.15, 0.2) is 0 Å². The molecule has 3 aliphatic rings. The van der Waals surface area contributed by atoms with Gasteiger partial charge in [0.05, 0.1) is 25.3 Å². The van der Waals surface area contributed by atoms with E-state index in [0.717, 1.165) is 17.9 Å². The zero-order valence-electron chi connectivity index (χ0n) is 13.3. The lowest BCUT2D eigenvalue weighted by atomic mass is 9.91. The van der Waals surface area contributed by atoms with Crippen molar-refractivity contribution >= 4 is 6.09 Å². The monoisotopic (exact) mass is 313 g/mol. The zero-order chi connectivity index (χ0) is 15.6. The van der Waals surface area contributed by atoms with Gasteiger partial charge >= 0.3 is 6.09 Å². The van der Waals surface area contributed by atoms with Crippen LogP contribution in [0.15, 0.2) is 42.0 Å². The fourth-order valence-electron chi connectivity index (χ4n) is 3.61. The molecular formula is C19H23NO3. The number of hydrogen-bond acceptors (Lipinski definition) is 3. The largest absolute Gasteiger partial charge is 0.445 e. The first-order valence-electron chi connectivity index (χ1n) is 8.56.